The highest BCUT2D eigenvalue weighted by molar-refractivity contribution is 5.79. The fraction of sp³-hybridized carbons (Fsp3) is 0.440. The summed E-state index contributed by atoms with van der Waals surface area (Å²) in [5, 5.41) is 0. The maximum absolute atomic E-state index is 12.7. The largest absolute Gasteiger partial charge is 0.370 e. The van der Waals surface area contributed by atoms with Gasteiger partial charge in [0.2, 0.25) is 11.8 Å². The minimum atomic E-state index is -0.0798. The summed E-state index contributed by atoms with van der Waals surface area (Å²) >= 11 is 0. The quantitative estimate of drug-likeness (QED) is 0.716. The van der Waals surface area contributed by atoms with Crippen molar-refractivity contribution in [3.63, 3.8) is 0 Å². The van der Waals surface area contributed by atoms with E-state index in [4.69, 9.17) is 9.47 Å². The number of benzene rings is 2. The molecule has 0 radical (unpaired) electrons. The first-order valence-electron chi connectivity index (χ1n) is 11.1. The highest BCUT2D eigenvalue weighted by Crippen LogP contribution is 2.24. The minimum absolute atomic E-state index is 0.0798. The van der Waals surface area contributed by atoms with Crippen LogP contribution in [-0.4, -0.2) is 61.0 Å². The van der Waals surface area contributed by atoms with E-state index >= 15 is 0 Å². The van der Waals surface area contributed by atoms with Crippen LogP contribution in [0.5, 0.6) is 0 Å². The van der Waals surface area contributed by atoms with E-state index in [-0.39, 0.29) is 24.0 Å². The second kappa shape index (κ2) is 10.6. The second-order valence-corrected chi connectivity index (χ2v) is 8.07. The zero-order valence-corrected chi connectivity index (χ0v) is 17.8. The Morgan fingerprint density at radius 2 is 1.13 bits per heavy atom. The van der Waals surface area contributed by atoms with Gasteiger partial charge in [0.25, 0.3) is 0 Å². The molecule has 6 heteroatoms. The predicted octanol–water partition coefficient (Wildman–Crippen LogP) is 3.36. The fourth-order valence-electron chi connectivity index (χ4n) is 4.20. The molecule has 2 fully saturated rings. The van der Waals surface area contributed by atoms with Crippen molar-refractivity contribution in [3.8, 4) is 0 Å². The van der Waals surface area contributed by atoms with E-state index in [9.17, 15) is 9.59 Å². The number of nitrogens with zero attached hydrogens (tertiary/aromatic N) is 2. The van der Waals surface area contributed by atoms with Crippen molar-refractivity contribution in [2.75, 3.05) is 39.4 Å². The lowest BCUT2D eigenvalue weighted by atomic mass is 10.1. The highest BCUT2D eigenvalue weighted by Gasteiger charge is 2.27. The molecule has 2 aliphatic heterocycles. The number of hydrogen-bond acceptors (Lipinski definition) is 4. The van der Waals surface area contributed by atoms with Crippen LogP contribution in [0.15, 0.2) is 60.7 Å². The molecule has 0 spiro atoms. The Bertz CT molecular complexity index is 787. The van der Waals surface area contributed by atoms with Gasteiger partial charge in [0.15, 0.2) is 0 Å². The Labute approximate surface area is 183 Å². The Hall–Kier alpha value is -2.70. The minimum Gasteiger partial charge on any atom is -0.370 e. The molecule has 4 rings (SSSR count). The van der Waals surface area contributed by atoms with Crippen molar-refractivity contribution >= 4 is 11.8 Å². The van der Waals surface area contributed by atoms with Crippen molar-refractivity contribution in [1.82, 2.24) is 9.80 Å². The van der Waals surface area contributed by atoms with Crippen LogP contribution in [0.1, 0.15) is 42.6 Å². The molecule has 0 aliphatic carbocycles. The summed E-state index contributed by atoms with van der Waals surface area (Å²) < 4.78 is 11.7. The van der Waals surface area contributed by atoms with Crippen molar-refractivity contribution in [3.05, 3.63) is 71.8 Å². The zero-order chi connectivity index (χ0) is 21.5. The lowest BCUT2D eigenvalue weighted by Gasteiger charge is -2.34. The van der Waals surface area contributed by atoms with Gasteiger partial charge in [0, 0.05) is 25.9 Å². The van der Waals surface area contributed by atoms with Gasteiger partial charge in [-0.1, -0.05) is 60.7 Å². The summed E-state index contributed by atoms with van der Waals surface area (Å²) in [4.78, 5) is 29.1. The molecule has 2 aromatic carbocycles. The lowest BCUT2D eigenvalue weighted by Crippen LogP contribution is -2.43. The van der Waals surface area contributed by atoms with E-state index in [0.717, 1.165) is 11.1 Å². The van der Waals surface area contributed by atoms with Gasteiger partial charge in [-0.15, -0.1) is 0 Å². The standard InChI is InChI=1S/C25H30N2O4/c28-24(26-14-16-30-22(18-26)20-8-3-1-4-9-20)12-7-13-25(29)27-15-17-31-23(19-27)21-10-5-2-6-11-21/h1-6,8-11,22-23H,7,12-19H2/t22-,23-/m0/s1. The molecule has 0 saturated carbocycles. The molecule has 2 amide bonds. The van der Waals surface area contributed by atoms with E-state index in [2.05, 4.69) is 0 Å². The van der Waals surface area contributed by atoms with Crippen LogP contribution in [0.4, 0.5) is 0 Å². The average molecular weight is 423 g/mol. The fourth-order valence-corrected chi connectivity index (χ4v) is 4.20. The Balaban J connectivity index is 1.22. The molecule has 2 atom stereocenters. The summed E-state index contributed by atoms with van der Waals surface area (Å²) in [6.07, 6.45) is 1.19. The molecule has 0 unspecified atom stereocenters. The third-order valence-electron chi connectivity index (χ3n) is 5.96. The SMILES string of the molecule is O=C(CCCC(=O)N1CCO[C@H](c2ccccc2)C1)N1CCO[C@H](c2ccccc2)C1. The van der Waals surface area contributed by atoms with E-state index in [1.54, 1.807) is 0 Å². The molecule has 2 aromatic rings. The number of ether oxygens (including phenoxy) is 2. The van der Waals surface area contributed by atoms with E-state index in [0.29, 0.717) is 58.7 Å². The van der Waals surface area contributed by atoms with Gasteiger partial charge in [-0.25, -0.2) is 0 Å². The monoisotopic (exact) mass is 422 g/mol. The van der Waals surface area contributed by atoms with Gasteiger partial charge in [0.1, 0.15) is 12.2 Å². The number of hydrogen-bond donors (Lipinski definition) is 0. The number of morpholine rings is 2. The first-order valence-corrected chi connectivity index (χ1v) is 11.1. The third-order valence-corrected chi connectivity index (χ3v) is 5.96. The van der Waals surface area contributed by atoms with Crippen LogP contribution in [-0.2, 0) is 19.1 Å². The van der Waals surface area contributed by atoms with Gasteiger partial charge in [0.05, 0.1) is 26.3 Å². The van der Waals surface area contributed by atoms with Crippen molar-refractivity contribution in [2.24, 2.45) is 0 Å². The van der Waals surface area contributed by atoms with E-state index in [1.807, 2.05) is 70.5 Å². The van der Waals surface area contributed by atoms with Gasteiger partial charge < -0.3 is 19.3 Å². The van der Waals surface area contributed by atoms with Gasteiger partial charge in [-0.05, 0) is 17.5 Å². The molecule has 0 N–H and O–H groups in total. The van der Waals surface area contributed by atoms with E-state index < -0.39 is 0 Å². The first kappa shape index (κ1) is 21.5. The van der Waals surface area contributed by atoms with Crippen LogP contribution >= 0.6 is 0 Å². The van der Waals surface area contributed by atoms with Crippen molar-refractivity contribution in [2.45, 2.75) is 31.5 Å². The lowest BCUT2D eigenvalue weighted by molar-refractivity contribution is -0.140. The van der Waals surface area contributed by atoms with Crippen molar-refractivity contribution in [1.29, 1.82) is 0 Å². The number of rotatable bonds is 6. The summed E-state index contributed by atoms with van der Waals surface area (Å²) in [6.45, 7) is 3.44. The molecule has 31 heavy (non-hydrogen) atoms. The second-order valence-electron chi connectivity index (χ2n) is 8.07. The number of carbonyl (C=O) groups excluding carboxylic acids is 2. The van der Waals surface area contributed by atoms with Gasteiger partial charge in [-0.3, -0.25) is 9.59 Å². The Kier molecular flexibility index (Phi) is 7.33. The maximum Gasteiger partial charge on any atom is 0.222 e. The molecule has 0 aromatic heterocycles. The summed E-state index contributed by atoms with van der Waals surface area (Å²) in [6, 6.07) is 20.0. The van der Waals surface area contributed by atoms with Crippen LogP contribution in [0.3, 0.4) is 0 Å². The Morgan fingerprint density at radius 1 is 0.710 bits per heavy atom. The molecule has 0 bridgehead atoms. The first-order chi connectivity index (χ1) is 15.2. The summed E-state index contributed by atoms with van der Waals surface area (Å²) in [5.41, 5.74) is 2.19. The van der Waals surface area contributed by atoms with E-state index in [1.165, 1.54) is 0 Å². The predicted molar refractivity (Wildman–Crippen MR) is 117 cm³/mol. The van der Waals surface area contributed by atoms with Crippen molar-refractivity contribution < 1.29 is 19.1 Å². The molecule has 164 valence electrons. The topological polar surface area (TPSA) is 59.1 Å². The molecular formula is C25H30N2O4. The molecule has 6 nitrogen and oxygen atoms in total. The molecule has 2 aliphatic rings. The Morgan fingerprint density at radius 3 is 1.55 bits per heavy atom. The smallest absolute Gasteiger partial charge is 0.222 e. The van der Waals surface area contributed by atoms with Gasteiger partial charge >= 0.3 is 0 Å². The van der Waals surface area contributed by atoms with Crippen LogP contribution in [0.2, 0.25) is 0 Å². The molecule has 2 heterocycles. The molecular weight excluding hydrogens is 392 g/mol. The normalized spacial score (nSPS) is 21.7. The average Bonchev–Trinajstić information content (AvgIpc) is 2.85. The highest BCUT2D eigenvalue weighted by atomic mass is 16.5. The van der Waals surface area contributed by atoms with Crippen LogP contribution < -0.4 is 0 Å². The third kappa shape index (κ3) is 5.71. The summed E-state index contributed by atoms with van der Waals surface area (Å²) in [5.74, 6) is 0.197. The van der Waals surface area contributed by atoms with Crippen LogP contribution in [0.25, 0.3) is 0 Å². The summed E-state index contributed by atoms with van der Waals surface area (Å²) in [7, 11) is 0. The maximum atomic E-state index is 12.7. The molecule has 2 saturated heterocycles. The van der Waals surface area contributed by atoms with Crippen LogP contribution in [0, 0.1) is 0 Å². The number of amides is 2. The number of carbonyl (C=O) groups is 2. The zero-order valence-electron chi connectivity index (χ0n) is 17.8. The van der Waals surface area contributed by atoms with Gasteiger partial charge in [-0.2, -0.15) is 0 Å².